The second kappa shape index (κ2) is 11.5. The van der Waals surface area contributed by atoms with Crippen molar-refractivity contribution in [2.24, 2.45) is 5.92 Å². The zero-order valence-corrected chi connectivity index (χ0v) is 22.7. The summed E-state index contributed by atoms with van der Waals surface area (Å²) in [6.45, 7) is 3.98. The Morgan fingerprint density at radius 2 is 1.83 bits per heavy atom. The van der Waals surface area contributed by atoms with Crippen molar-refractivity contribution >= 4 is 21.6 Å². The molecule has 0 radical (unpaired) electrons. The minimum Gasteiger partial charge on any atom is -0.497 e. The molecule has 0 unspecified atom stereocenters. The monoisotopic (exact) mass is 519 g/mol. The second-order valence-electron chi connectivity index (χ2n) is 9.54. The maximum atomic E-state index is 13.3. The lowest BCUT2D eigenvalue weighted by molar-refractivity contribution is -0.134. The van der Waals surface area contributed by atoms with Crippen LogP contribution < -0.4 is 14.4 Å². The lowest BCUT2D eigenvalue weighted by Crippen LogP contribution is -2.48. The first-order chi connectivity index (χ1) is 17.0. The first kappa shape index (κ1) is 27.8. The van der Waals surface area contributed by atoms with Crippen LogP contribution in [0.2, 0.25) is 0 Å². The molecule has 1 aliphatic rings. The molecule has 0 saturated carbocycles. The number of nitrogens with zero attached hydrogens (tertiary/aromatic N) is 3. The molecule has 1 heterocycles. The van der Waals surface area contributed by atoms with Gasteiger partial charge in [0.1, 0.15) is 17.6 Å². The van der Waals surface area contributed by atoms with E-state index in [-0.39, 0.29) is 42.3 Å². The number of ether oxygens (including phenoxy) is 2. The van der Waals surface area contributed by atoms with Gasteiger partial charge in [0, 0.05) is 44.9 Å². The van der Waals surface area contributed by atoms with E-state index >= 15 is 0 Å². The lowest BCUT2D eigenvalue weighted by Gasteiger charge is -2.33. The summed E-state index contributed by atoms with van der Waals surface area (Å²) < 4.78 is 39.4. The van der Waals surface area contributed by atoms with Crippen molar-refractivity contribution in [2.45, 2.75) is 37.3 Å². The maximum Gasteiger partial charge on any atom is 0.242 e. The van der Waals surface area contributed by atoms with Crippen LogP contribution in [0.5, 0.6) is 11.5 Å². The SMILES string of the molecule is COc1ccc(S(=O)(=O)N(C)C[C@H]2Oc3ccc(N(C)C)cc3CC(=O)N([C@@H](C)CO)C[C@@H]2C)cc1. The summed E-state index contributed by atoms with van der Waals surface area (Å²) in [6.07, 6.45) is -0.410. The molecule has 0 bridgehead atoms. The Hall–Kier alpha value is -2.82. The zero-order valence-electron chi connectivity index (χ0n) is 21.8. The van der Waals surface area contributed by atoms with Gasteiger partial charge in [-0.15, -0.1) is 0 Å². The zero-order chi connectivity index (χ0) is 26.6. The average Bonchev–Trinajstić information content (AvgIpc) is 2.90. The Labute approximate surface area is 214 Å². The molecule has 1 aliphatic heterocycles. The molecule has 10 heteroatoms. The van der Waals surface area contributed by atoms with E-state index in [0.717, 1.165) is 11.3 Å². The Morgan fingerprint density at radius 3 is 2.42 bits per heavy atom. The van der Waals surface area contributed by atoms with Crippen molar-refractivity contribution < 1.29 is 27.8 Å². The minimum absolute atomic E-state index is 0.0833. The molecule has 9 nitrogen and oxygen atoms in total. The topological polar surface area (TPSA) is 99.6 Å². The van der Waals surface area contributed by atoms with E-state index in [9.17, 15) is 18.3 Å². The highest BCUT2D eigenvalue weighted by Crippen LogP contribution is 2.30. The molecule has 0 spiro atoms. The van der Waals surface area contributed by atoms with Crippen molar-refractivity contribution in [3.63, 3.8) is 0 Å². The minimum atomic E-state index is -3.79. The number of hydrogen-bond donors (Lipinski definition) is 1. The number of benzene rings is 2. The van der Waals surface area contributed by atoms with Crippen molar-refractivity contribution in [2.75, 3.05) is 52.8 Å². The molecule has 3 rings (SSSR count). The Morgan fingerprint density at radius 1 is 1.17 bits per heavy atom. The van der Waals surface area contributed by atoms with Crippen molar-refractivity contribution in [3.05, 3.63) is 48.0 Å². The van der Waals surface area contributed by atoms with E-state index in [4.69, 9.17) is 9.47 Å². The number of hydrogen-bond acceptors (Lipinski definition) is 7. The van der Waals surface area contributed by atoms with Crippen LogP contribution in [-0.2, 0) is 21.2 Å². The van der Waals surface area contributed by atoms with E-state index < -0.39 is 16.1 Å². The number of carbonyl (C=O) groups is 1. The molecule has 198 valence electrons. The van der Waals surface area contributed by atoms with Crippen LogP contribution in [0, 0.1) is 5.92 Å². The molecule has 2 aromatic rings. The van der Waals surface area contributed by atoms with Gasteiger partial charge in [0.05, 0.1) is 37.6 Å². The normalized spacial score (nSPS) is 19.6. The van der Waals surface area contributed by atoms with E-state index in [0.29, 0.717) is 18.0 Å². The lowest BCUT2D eigenvalue weighted by atomic mass is 10.0. The van der Waals surface area contributed by atoms with Gasteiger partial charge in [-0.2, -0.15) is 4.31 Å². The third-order valence-electron chi connectivity index (χ3n) is 6.62. The summed E-state index contributed by atoms with van der Waals surface area (Å²) in [5.74, 6) is 0.806. The van der Waals surface area contributed by atoms with Gasteiger partial charge in [0.25, 0.3) is 0 Å². The molecule has 0 saturated heterocycles. The Bertz CT molecular complexity index is 1150. The van der Waals surface area contributed by atoms with E-state index in [1.807, 2.05) is 44.1 Å². The summed E-state index contributed by atoms with van der Waals surface area (Å²) in [4.78, 5) is 17.0. The number of rotatable bonds is 8. The van der Waals surface area contributed by atoms with Crippen LogP contribution in [0.25, 0.3) is 0 Å². The van der Waals surface area contributed by atoms with Crippen molar-refractivity contribution in [1.29, 1.82) is 0 Å². The number of methoxy groups -OCH3 is 1. The number of aliphatic hydroxyl groups excluding tert-OH is 1. The summed E-state index contributed by atoms with van der Waals surface area (Å²) in [5.41, 5.74) is 1.65. The number of likely N-dealkylation sites (N-methyl/N-ethyl adjacent to an activating group) is 1. The summed E-state index contributed by atoms with van der Waals surface area (Å²) >= 11 is 0. The van der Waals surface area contributed by atoms with E-state index in [2.05, 4.69) is 0 Å². The number of sulfonamides is 1. The fraction of sp³-hybridized carbons (Fsp3) is 0.500. The van der Waals surface area contributed by atoms with Gasteiger partial charge in [-0.05, 0) is 49.4 Å². The third kappa shape index (κ3) is 6.11. The maximum absolute atomic E-state index is 13.3. The Kier molecular flexibility index (Phi) is 8.86. The second-order valence-corrected chi connectivity index (χ2v) is 11.6. The number of fused-ring (bicyclic) bond motifs is 1. The molecular weight excluding hydrogens is 482 g/mol. The van der Waals surface area contributed by atoms with Gasteiger partial charge < -0.3 is 24.4 Å². The largest absolute Gasteiger partial charge is 0.497 e. The first-order valence-electron chi connectivity index (χ1n) is 12.0. The van der Waals surface area contributed by atoms with E-state index in [1.54, 1.807) is 24.0 Å². The smallest absolute Gasteiger partial charge is 0.242 e. The van der Waals surface area contributed by atoms with Gasteiger partial charge in [0.2, 0.25) is 15.9 Å². The standard InChI is InChI=1S/C26H37N3O6S/c1-18-15-29(19(2)17-30)26(31)14-20-13-21(27(3)4)7-12-24(20)35-25(18)16-28(5)36(32,33)23-10-8-22(34-6)9-11-23/h7-13,18-19,25,30H,14-17H2,1-6H3/t18-,19-,25+/m0/s1. The van der Waals surface area contributed by atoms with E-state index in [1.165, 1.54) is 30.6 Å². The molecule has 1 amide bonds. The van der Waals surface area contributed by atoms with Crippen LogP contribution in [0.3, 0.4) is 0 Å². The molecule has 2 aromatic carbocycles. The summed E-state index contributed by atoms with van der Waals surface area (Å²) in [5, 5.41) is 9.79. The average molecular weight is 520 g/mol. The molecule has 0 fully saturated rings. The molecule has 1 N–H and O–H groups in total. The number of anilines is 1. The number of aliphatic hydroxyl groups is 1. The predicted molar refractivity (Wildman–Crippen MR) is 139 cm³/mol. The molecule has 0 aromatic heterocycles. The third-order valence-corrected chi connectivity index (χ3v) is 8.46. The fourth-order valence-corrected chi connectivity index (χ4v) is 5.37. The number of amides is 1. The van der Waals surface area contributed by atoms with Gasteiger partial charge in [-0.3, -0.25) is 4.79 Å². The fourth-order valence-electron chi connectivity index (χ4n) is 4.19. The molecule has 36 heavy (non-hydrogen) atoms. The number of carbonyl (C=O) groups excluding carboxylic acids is 1. The Balaban J connectivity index is 1.96. The van der Waals surface area contributed by atoms with Crippen molar-refractivity contribution in [1.82, 2.24) is 9.21 Å². The quantitative estimate of drug-likeness (QED) is 0.571. The van der Waals surface area contributed by atoms with Gasteiger partial charge in [0.15, 0.2) is 0 Å². The highest BCUT2D eigenvalue weighted by atomic mass is 32.2. The van der Waals surface area contributed by atoms with Crippen LogP contribution >= 0.6 is 0 Å². The highest BCUT2D eigenvalue weighted by molar-refractivity contribution is 7.89. The van der Waals surface area contributed by atoms with Crippen LogP contribution in [0.4, 0.5) is 5.69 Å². The summed E-state index contributed by atoms with van der Waals surface area (Å²) in [7, 11) is 3.10. The van der Waals surface area contributed by atoms with Crippen LogP contribution in [-0.4, -0.2) is 88.7 Å². The summed E-state index contributed by atoms with van der Waals surface area (Å²) in [6, 6.07) is 11.5. The van der Waals surface area contributed by atoms with Crippen LogP contribution in [0.15, 0.2) is 47.4 Å². The van der Waals surface area contributed by atoms with Gasteiger partial charge >= 0.3 is 0 Å². The predicted octanol–water partition coefficient (Wildman–Crippen LogP) is 2.23. The highest BCUT2D eigenvalue weighted by Gasteiger charge is 2.33. The van der Waals surface area contributed by atoms with Crippen LogP contribution in [0.1, 0.15) is 19.4 Å². The first-order valence-corrected chi connectivity index (χ1v) is 13.4. The van der Waals surface area contributed by atoms with Crippen molar-refractivity contribution in [3.8, 4) is 11.5 Å². The van der Waals surface area contributed by atoms with Gasteiger partial charge in [-0.1, -0.05) is 6.92 Å². The van der Waals surface area contributed by atoms with Gasteiger partial charge in [-0.25, -0.2) is 8.42 Å². The molecule has 0 aliphatic carbocycles. The molecule has 3 atom stereocenters. The molecular formula is C26H37N3O6S.